The van der Waals surface area contributed by atoms with E-state index in [1.807, 2.05) is 6.08 Å². The molecule has 0 unspecified atom stereocenters. The SMILES string of the molecule is OCC=C1CCC2(CC1)OCCO2. The van der Waals surface area contributed by atoms with Crippen LogP contribution in [0.5, 0.6) is 0 Å². The highest BCUT2D eigenvalue weighted by Gasteiger charge is 2.38. The average Bonchev–Trinajstić information content (AvgIpc) is 2.59. The molecule has 1 spiro atoms. The number of ether oxygens (including phenoxy) is 2. The lowest BCUT2D eigenvalue weighted by atomic mass is 9.89. The van der Waals surface area contributed by atoms with Crippen molar-refractivity contribution in [2.75, 3.05) is 19.8 Å². The highest BCUT2D eigenvalue weighted by Crippen LogP contribution is 2.37. The molecule has 2 aliphatic rings. The molecule has 13 heavy (non-hydrogen) atoms. The van der Waals surface area contributed by atoms with E-state index in [0.717, 1.165) is 38.9 Å². The molecule has 3 heteroatoms. The Morgan fingerprint density at radius 1 is 1.23 bits per heavy atom. The topological polar surface area (TPSA) is 38.7 Å². The van der Waals surface area contributed by atoms with Crippen LogP contribution in [0.1, 0.15) is 25.7 Å². The fourth-order valence-electron chi connectivity index (χ4n) is 2.07. The largest absolute Gasteiger partial charge is 0.392 e. The van der Waals surface area contributed by atoms with E-state index in [9.17, 15) is 0 Å². The van der Waals surface area contributed by atoms with Crippen molar-refractivity contribution in [1.82, 2.24) is 0 Å². The smallest absolute Gasteiger partial charge is 0.169 e. The Morgan fingerprint density at radius 3 is 2.38 bits per heavy atom. The van der Waals surface area contributed by atoms with Gasteiger partial charge in [-0.25, -0.2) is 0 Å². The highest BCUT2D eigenvalue weighted by molar-refractivity contribution is 5.07. The summed E-state index contributed by atoms with van der Waals surface area (Å²) in [6.07, 6.45) is 5.79. The van der Waals surface area contributed by atoms with Crippen LogP contribution < -0.4 is 0 Å². The van der Waals surface area contributed by atoms with Crippen molar-refractivity contribution in [3.8, 4) is 0 Å². The van der Waals surface area contributed by atoms with E-state index >= 15 is 0 Å². The molecule has 0 radical (unpaired) electrons. The Bertz CT molecular complexity index is 192. The normalized spacial score (nSPS) is 26.7. The summed E-state index contributed by atoms with van der Waals surface area (Å²) in [6, 6.07) is 0. The first kappa shape index (κ1) is 9.19. The molecule has 1 saturated heterocycles. The van der Waals surface area contributed by atoms with E-state index in [2.05, 4.69) is 0 Å². The minimum atomic E-state index is -0.271. The molecule has 1 aliphatic carbocycles. The van der Waals surface area contributed by atoms with Crippen LogP contribution in [0.15, 0.2) is 11.6 Å². The van der Waals surface area contributed by atoms with Gasteiger partial charge in [-0.1, -0.05) is 11.6 Å². The summed E-state index contributed by atoms with van der Waals surface area (Å²) < 4.78 is 11.2. The Balaban J connectivity index is 1.91. The van der Waals surface area contributed by atoms with E-state index in [1.165, 1.54) is 5.57 Å². The fourth-order valence-corrected chi connectivity index (χ4v) is 2.07. The molecule has 1 saturated carbocycles. The van der Waals surface area contributed by atoms with Crippen molar-refractivity contribution in [3.05, 3.63) is 11.6 Å². The van der Waals surface area contributed by atoms with Gasteiger partial charge >= 0.3 is 0 Å². The lowest BCUT2D eigenvalue weighted by Gasteiger charge is -2.32. The van der Waals surface area contributed by atoms with Gasteiger partial charge in [0.1, 0.15) is 0 Å². The maximum absolute atomic E-state index is 8.74. The molecule has 0 aromatic carbocycles. The fraction of sp³-hybridized carbons (Fsp3) is 0.800. The van der Waals surface area contributed by atoms with Gasteiger partial charge in [0.2, 0.25) is 0 Å². The van der Waals surface area contributed by atoms with Crippen molar-refractivity contribution in [2.45, 2.75) is 31.5 Å². The second kappa shape index (κ2) is 3.78. The molecular formula is C10H16O3. The Kier molecular flexibility index (Phi) is 2.67. The summed E-state index contributed by atoms with van der Waals surface area (Å²) in [5.74, 6) is -0.271. The van der Waals surface area contributed by atoms with E-state index in [4.69, 9.17) is 14.6 Å². The summed E-state index contributed by atoms with van der Waals surface area (Å²) in [6.45, 7) is 1.63. The van der Waals surface area contributed by atoms with E-state index in [0.29, 0.717) is 0 Å². The Morgan fingerprint density at radius 2 is 1.85 bits per heavy atom. The Labute approximate surface area is 78.3 Å². The zero-order chi connectivity index (χ0) is 9.15. The lowest BCUT2D eigenvalue weighted by molar-refractivity contribution is -0.171. The van der Waals surface area contributed by atoms with Gasteiger partial charge in [-0.3, -0.25) is 0 Å². The predicted octanol–water partition coefficient (Wildman–Crippen LogP) is 1.22. The second-order valence-electron chi connectivity index (χ2n) is 3.65. The van der Waals surface area contributed by atoms with Gasteiger partial charge in [0.15, 0.2) is 5.79 Å². The molecule has 1 aliphatic heterocycles. The third-order valence-corrected chi connectivity index (χ3v) is 2.85. The molecule has 0 aromatic heterocycles. The van der Waals surface area contributed by atoms with Gasteiger partial charge in [-0.05, 0) is 12.8 Å². The van der Waals surface area contributed by atoms with Crippen molar-refractivity contribution in [1.29, 1.82) is 0 Å². The Hall–Kier alpha value is -0.380. The van der Waals surface area contributed by atoms with E-state index in [1.54, 1.807) is 0 Å². The van der Waals surface area contributed by atoms with Gasteiger partial charge in [-0.2, -0.15) is 0 Å². The molecule has 2 rings (SSSR count). The van der Waals surface area contributed by atoms with Gasteiger partial charge in [0.05, 0.1) is 19.8 Å². The highest BCUT2D eigenvalue weighted by atomic mass is 16.7. The first-order chi connectivity index (χ1) is 6.35. The third-order valence-electron chi connectivity index (χ3n) is 2.85. The van der Waals surface area contributed by atoms with Crippen LogP contribution in [0.2, 0.25) is 0 Å². The van der Waals surface area contributed by atoms with Crippen molar-refractivity contribution in [3.63, 3.8) is 0 Å². The molecule has 0 aromatic rings. The molecule has 0 atom stereocenters. The quantitative estimate of drug-likeness (QED) is 0.623. The number of allylic oxidation sites excluding steroid dienone is 1. The molecule has 3 nitrogen and oxygen atoms in total. The van der Waals surface area contributed by atoms with Crippen LogP contribution in [0.4, 0.5) is 0 Å². The van der Waals surface area contributed by atoms with Crippen molar-refractivity contribution >= 4 is 0 Å². The van der Waals surface area contributed by atoms with E-state index < -0.39 is 0 Å². The van der Waals surface area contributed by atoms with Gasteiger partial charge in [0, 0.05) is 12.8 Å². The minimum absolute atomic E-state index is 0.157. The maximum atomic E-state index is 8.74. The zero-order valence-electron chi connectivity index (χ0n) is 7.79. The maximum Gasteiger partial charge on any atom is 0.169 e. The standard InChI is InChI=1S/C10H16O3/c11-6-3-9-1-4-10(5-2-9)12-7-8-13-10/h3,11H,1-2,4-8H2. The van der Waals surface area contributed by atoms with Gasteiger partial charge in [0.25, 0.3) is 0 Å². The monoisotopic (exact) mass is 184 g/mol. The van der Waals surface area contributed by atoms with Crippen molar-refractivity contribution in [2.24, 2.45) is 0 Å². The third kappa shape index (κ3) is 1.93. The number of hydrogen-bond acceptors (Lipinski definition) is 3. The van der Waals surface area contributed by atoms with Crippen LogP contribution in [0, 0.1) is 0 Å². The summed E-state index contributed by atoms with van der Waals surface area (Å²) in [5.41, 5.74) is 1.34. The summed E-state index contributed by atoms with van der Waals surface area (Å²) in [4.78, 5) is 0. The molecule has 2 fully saturated rings. The summed E-state index contributed by atoms with van der Waals surface area (Å²) in [5, 5.41) is 8.74. The summed E-state index contributed by atoms with van der Waals surface area (Å²) in [7, 11) is 0. The van der Waals surface area contributed by atoms with Gasteiger partial charge in [-0.15, -0.1) is 0 Å². The van der Waals surface area contributed by atoms with Crippen LogP contribution in [-0.4, -0.2) is 30.7 Å². The van der Waals surface area contributed by atoms with E-state index in [-0.39, 0.29) is 12.4 Å². The average molecular weight is 184 g/mol. The second-order valence-corrected chi connectivity index (χ2v) is 3.65. The molecular weight excluding hydrogens is 168 g/mol. The zero-order valence-corrected chi connectivity index (χ0v) is 7.79. The van der Waals surface area contributed by atoms with Crippen molar-refractivity contribution < 1.29 is 14.6 Å². The van der Waals surface area contributed by atoms with Crippen LogP contribution in [0.25, 0.3) is 0 Å². The van der Waals surface area contributed by atoms with Crippen LogP contribution in [-0.2, 0) is 9.47 Å². The van der Waals surface area contributed by atoms with Crippen LogP contribution >= 0.6 is 0 Å². The molecule has 0 amide bonds. The van der Waals surface area contributed by atoms with Gasteiger partial charge < -0.3 is 14.6 Å². The number of hydrogen-bond donors (Lipinski definition) is 1. The molecule has 1 heterocycles. The molecule has 1 N–H and O–H groups in total. The predicted molar refractivity (Wildman–Crippen MR) is 48.3 cm³/mol. The number of rotatable bonds is 1. The molecule has 74 valence electrons. The summed E-state index contributed by atoms with van der Waals surface area (Å²) >= 11 is 0. The first-order valence-corrected chi connectivity index (χ1v) is 4.91. The number of aliphatic hydroxyl groups excluding tert-OH is 1. The first-order valence-electron chi connectivity index (χ1n) is 4.91. The van der Waals surface area contributed by atoms with Crippen LogP contribution in [0.3, 0.4) is 0 Å². The molecule has 0 bridgehead atoms. The number of aliphatic hydroxyl groups is 1. The lowest BCUT2D eigenvalue weighted by Crippen LogP contribution is -2.33. The minimum Gasteiger partial charge on any atom is -0.392 e.